The SMILES string of the molecule is CCCc1nc(NCc2cccnc2)c([N+](=O)[O-])c(OC)n1. The zero-order valence-electron chi connectivity index (χ0n) is 12.4. The zero-order chi connectivity index (χ0) is 15.9. The fraction of sp³-hybridized carbons (Fsp3) is 0.357. The molecule has 0 amide bonds. The molecule has 0 fully saturated rings. The molecule has 2 rings (SSSR count). The van der Waals surface area contributed by atoms with Gasteiger partial charge in [0.05, 0.1) is 12.0 Å². The van der Waals surface area contributed by atoms with Crippen molar-refractivity contribution in [2.75, 3.05) is 12.4 Å². The van der Waals surface area contributed by atoms with Crippen LogP contribution in [0.5, 0.6) is 5.88 Å². The predicted octanol–water partition coefficient (Wildman–Crippen LogP) is 2.35. The van der Waals surface area contributed by atoms with Crippen molar-refractivity contribution in [1.82, 2.24) is 15.0 Å². The Balaban J connectivity index is 2.33. The van der Waals surface area contributed by atoms with Crippen molar-refractivity contribution >= 4 is 11.5 Å². The van der Waals surface area contributed by atoms with E-state index in [4.69, 9.17) is 4.74 Å². The molecule has 0 saturated heterocycles. The fourth-order valence-electron chi connectivity index (χ4n) is 1.93. The maximum atomic E-state index is 11.3. The Labute approximate surface area is 127 Å². The quantitative estimate of drug-likeness (QED) is 0.618. The number of hydrogen-bond donors (Lipinski definition) is 1. The van der Waals surface area contributed by atoms with E-state index in [9.17, 15) is 10.1 Å². The minimum Gasteiger partial charge on any atom is -0.476 e. The Morgan fingerprint density at radius 3 is 2.82 bits per heavy atom. The van der Waals surface area contributed by atoms with E-state index in [-0.39, 0.29) is 17.4 Å². The number of nitro groups is 1. The Hall–Kier alpha value is -2.77. The highest BCUT2D eigenvalue weighted by molar-refractivity contribution is 5.61. The normalized spacial score (nSPS) is 10.3. The first-order chi connectivity index (χ1) is 10.7. The highest BCUT2D eigenvalue weighted by Gasteiger charge is 2.25. The van der Waals surface area contributed by atoms with Crippen LogP contribution in [0.4, 0.5) is 11.5 Å². The minimum absolute atomic E-state index is 0.0304. The number of ether oxygens (including phenoxy) is 1. The standard InChI is InChI=1S/C14H17N5O3/c1-3-5-11-17-13(12(19(20)21)14(18-11)22-2)16-9-10-6-4-7-15-8-10/h4,6-8H,3,5,9H2,1-2H3,(H,16,17,18). The van der Waals surface area contributed by atoms with Crippen molar-refractivity contribution in [2.45, 2.75) is 26.3 Å². The summed E-state index contributed by atoms with van der Waals surface area (Å²) in [5.41, 5.74) is 0.637. The molecule has 2 aromatic heterocycles. The second-order valence-corrected chi connectivity index (χ2v) is 4.57. The lowest BCUT2D eigenvalue weighted by Gasteiger charge is -2.10. The molecule has 0 aliphatic heterocycles. The molecule has 8 heteroatoms. The molecule has 0 spiro atoms. The summed E-state index contributed by atoms with van der Waals surface area (Å²) in [5.74, 6) is 0.639. The third kappa shape index (κ3) is 3.66. The maximum absolute atomic E-state index is 11.3. The molecule has 0 aliphatic rings. The van der Waals surface area contributed by atoms with Crippen LogP contribution in [0.3, 0.4) is 0 Å². The van der Waals surface area contributed by atoms with E-state index < -0.39 is 4.92 Å². The summed E-state index contributed by atoms with van der Waals surface area (Å²) in [7, 11) is 1.36. The third-order valence-corrected chi connectivity index (χ3v) is 2.93. The van der Waals surface area contributed by atoms with Gasteiger partial charge in [0.1, 0.15) is 5.82 Å². The van der Waals surface area contributed by atoms with Crippen LogP contribution >= 0.6 is 0 Å². The highest BCUT2D eigenvalue weighted by atomic mass is 16.6. The van der Waals surface area contributed by atoms with Crippen LogP contribution in [0.15, 0.2) is 24.5 Å². The lowest BCUT2D eigenvalue weighted by Crippen LogP contribution is -2.10. The van der Waals surface area contributed by atoms with E-state index >= 15 is 0 Å². The van der Waals surface area contributed by atoms with Gasteiger partial charge in [0, 0.05) is 25.4 Å². The first-order valence-corrected chi connectivity index (χ1v) is 6.87. The van der Waals surface area contributed by atoms with Crippen molar-refractivity contribution < 1.29 is 9.66 Å². The second-order valence-electron chi connectivity index (χ2n) is 4.57. The maximum Gasteiger partial charge on any atom is 0.372 e. The van der Waals surface area contributed by atoms with E-state index in [1.807, 2.05) is 13.0 Å². The number of rotatable bonds is 7. The molecule has 0 aromatic carbocycles. The van der Waals surface area contributed by atoms with Gasteiger partial charge < -0.3 is 10.1 Å². The van der Waals surface area contributed by atoms with E-state index in [0.717, 1.165) is 12.0 Å². The number of hydrogen-bond acceptors (Lipinski definition) is 7. The minimum atomic E-state index is -0.542. The van der Waals surface area contributed by atoms with Crippen LogP contribution < -0.4 is 10.1 Å². The molecule has 0 saturated carbocycles. The van der Waals surface area contributed by atoms with Crippen LogP contribution in [0.2, 0.25) is 0 Å². The zero-order valence-corrected chi connectivity index (χ0v) is 12.4. The Kier molecular flexibility index (Phi) is 5.18. The molecule has 22 heavy (non-hydrogen) atoms. The van der Waals surface area contributed by atoms with Gasteiger partial charge in [-0.05, 0) is 18.1 Å². The van der Waals surface area contributed by atoms with Crippen molar-refractivity contribution in [3.05, 3.63) is 46.0 Å². The molecule has 116 valence electrons. The van der Waals surface area contributed by atoms with Crippen LogP contribution in [0.25, 0.3) is 0 Å². The Morgan fingerprint density at radius 1 is 1.41 bits per heavy atom. The molecule has 2 heterocycles. The van der Waals surface area contributed by atoms with Gasteiger partial charge in [-0.15, -0.1) is 0 Å². The number of aryl methyl sites for hydroxylation is 1. The molecule has 0 unspecified atom stereocenters. The van der Waals surface area contributed by atoms with Gasteiger partial charge >= 0.3 is 5.69 Å². The lowest BCUT2D eigenvalue weighted by molar-refractivity contribution is -0.385. The summed E-state index contributed by atoms with van der Waals surface area (Å²) in [6.07, 6.45) is 4.81. The third-order valence-electron chi connectivity index (χ3n) is 2.93. The Bertz CT molecular complexity index is 648. The highest BCUT2D eigenvalue weighted by Crippen LogP contribution is 2.32. The van der Waals surface area contributed by atoms with Crippen molar-refractivity contribution in [1.29, 1.82) is 0 Å². The molecular weight excluding hydrogens is 286 g/mol. The van der Waals surface area contributed by atoms with Gasteiger partial charge in [-0.2, -0.15) is 4.98 Å². The number of aromatic nitrogens is 3. The average Bonchev–Trinajstić information content (AvgIpc) is 2.53. The van der Waals surface area contributed by atoms with Crippen molar-refractivity contribution in [3.8, 4) is 5.88 Å². The van der Waals surface area contributed by atoms with Crippen molar-refractivity contribution in [2.24, 2.45) is 0 Å². The average molecular weight is 303 g/mol. The first kappa shape index (κ1) is 15.6. The van der Waals surface area contributed by atoms with E-state index in [1.54, 1.807) is 18.5 Å². The van der Waals surface area contributed by atoms with Crippen LogP contribution in [0, 0.1) is 10.1 Å². The fourth-order valence-corrected chi connectivity index (χ4v) is 1.93. The van der Waals surface area contributed by atoms with Gasteiger partial charge in [-0.1, -0.05) is 13.0 Å². The Morgan fingerprint density at radius 2 is 2.23 bits per heavy atom. The summed E-state index contributed by atoms with van der Waals surface area (Å²) < 4.78 is 5.04. The first-order valence-electron chi connectivity index (χ1n) is 6.87. The smallest absolute Gasteiger partial charge is 0.372 e. The molecule has 8 nitrogen and oxygen atoms in total. The topological polar surface area (TPSA) is 103 Å². The molecule has 0 aliphatic carbocycles. The summed E-state index contributed by atoms with van der Waals surface area (Å²) in [6.45, 7) is 2.36. The monoisotopic (exact) mass is 303 g/mol. The lowest BCUT2D eigenvalue weighted by atomic mass is 10.3. The van der Waals surface area contributed by atoms with Gasteiger partial charge in [0.2, 0.25) is 5.82 Å². The van der Waals surface area contributed by atoms with Crippen LogP contribution in [-0.4, -0.2) is 27.0 Å². The second kappa shape index (κ2) is 7.30. The number of pyridine rings is 1. The summed E-state index contributed by atoms with van der Waals surface area (Å²) in [5, 5.41) is 14.2. The number of methoxy groups -OCH3 is 1. The van der Waals surface area contributed by atoms with Gasteiger partial charge in [0.25, 0.3) is 5.88 Å². The summed E-state index contributed by atoms with van der Waals surface area (Å²) in [6, 6.07) is 3.67. The predicted molar refractivity (Wildman–Crippen MR) is 80.8 cm³/mol. The molecular formula is C14H17N5O3. The molecule has 0 bridgehead atoms. The summed E-state index contributed by atoms with van der Waals surface area (Å²) in [4.78, 5) is 23.1. The van der Waals surface area contributed by atoms with Gasteiger partial charge in [-0.25, -0.2) is 4.98 Å². The van der Waals surface area contributed by atoms with E-state index in [2.05, 4.69) is 20.3 Å². The number of nitrogens with one attached hydrogen (secondary N) is 1. The van der Waals surface area contributed by atoms with E-state index in [1.165, 1.54) is 7.11 Å². The molecule has 2 aromatic rings. The molecule has 0 radical (unpaired) electrons. The molecule has 1 N–H and O–H groups in total. The molecule has 0 atom stereocenters. The summed E-state index contributed by atoms with van der Waals surface area (Å²) >= 11 is 0. The number of nitrogens with zero attached hydrogens (tertiary/aromatic N) is 4. The van der Waals surface area contributed by atoms with E-state index in [0.29, 0.717) is 18.8 Å². The van der Waals surface area contributed by atoms with Crippen molar-refractivity contribution in [3.63, 3.8) is 0 Å². The van der Waals surface area contributed by atoms with Crippen LogP contribution in [-0.2, 0) is 13.0 Å². The van der Waals surface area contributed by atoms with Gasteiger partial charge in [0.15, 0.2) is 0 Å². The van der Waals surface area contributed by atoms with Gasteiger partial charge in [-0.3, -0.25) is 15.1 Å². The number of anilines is 1. The van der Waals surface area contributed by atoms with Crippen LogP contribution in [0.1, 0.15) is 24.7 Å². The largest absolute Gasteiger partial charge is 0.476 e.